The fourth-order valence-corrected chi connectivity index (χ4v) is 1.84. The van der Waals surface area contributed by atoms with Crippen LogP contribution in [0.5, 0.6) is 0 Å². The third kappa shape index (κ3) is 2.20. The maximum Gasteiger partial charge on any atom is 0.267 e. The maximum atomic E-state index is 11.9. The van der Waals surface area contributed by atoms with Gasteiger partial charge in [-0.25, -0.2) is 0 Å². The van der Waals surface area contributed by atoms with Gasteiger partial charge in [-0.3, -0.25) is 4.79 Å². The van der Waals surface area contributed by atoms with Gasteiger partial charge in [0.15, 0.2) is 0 Å². The SMILES string of the molecule is Cn1c(C(=O)NCCC=O)cc2ccccc21. The Morgan fingerprint density at radius 2 is 2.18 bits per heavy atom. The molecule has 4 heteroatoms. The molecule has 0 spiro atoms. The first-order valence-electron chi connectivity index (χ1n) is 5.50. The van der Waals surface area contributed by atoms with Gasteiger partial charge in [0.2, 0.25) is 0 Å². The Kier molecular flexibility index (Phi) is 3.23. The first-order valence-corrected chi connectivity index (χ1v) is 5.50. The van der Waals surface area contributed by atoms with Crippen LogP contribution in [0.1, 0.15) is 16.9 Å². The second-order valence-corrected chi connectivity index (χ2v) is 3.86. The van der Waals surface area contributed by atoms with Crippen LogP contribution in [-0.4, -0.2) is 23.3 Å². The lowest BCUT2D eigenvalue weighted by atomic mass is 10.2. The van der Waals surface area contributed by atoms with Gasteiger partial charge in [0.05, 0.1) is 0 Å². The molecule has 0 bridgehead atoms. The molecule has 2 rings (SSSR count). The summed E-state index contributed by atoms with van der Waals surface area (Å²) < 4.78 is 1.85. The fraction of sp³-hybridized carbons (Fsp3) is 0.231. The molecule has 0 aliphatic rings. The molecule has 1 N–H and O–H groups in total. The summed E-state index contributed by atoms with van der Waals surface area (Å²) in [6.45, 7) is 0.379. The van der Waals surface area contributed by atoms with Crippen molar-refractivity contribution in [3.63, 3.8) is 0 Å². The lowest BCUT2D eigenvalue weighted by Gasteiger charge is -2.04. The van der Waals surface area contributed by atoms with E-state index in [9.17, 15) is 9.59 Å². The Balaban J connectivity index is 2.26. The second kappa shape index (κ2) is 4.82. The van der Waals surface area contributed by atoms with Crippen molar-refractivity contribution in [3.05, 3.63) is 36.0 Å². The van der Waals surface area contributed by atoms with Crippen molar-refractivity contribution in [1.82, 2.24) is 9.88 Å². The van der Waals surface area contributed by atoms with E-state index in [1.165, 1.54) is 0 Å². The molecule has 0 saturated heterocycles. The van der Waals surface area contributed by atoms with E-state index in [1.807, 2.05) is 41.9 Å². The van der Waals surface area contributed by atoms with Crippen LogP contribution < -0.4 is 5.32 Å². The molecule has 0 aliphatic heterocycles. The standard InChI is InChI=1S/C13H14N2O2/c1-15-11-6-3-2-5-10(11)9-12(15)13(17)14-7-4-8-16/h2-3,5-6,8-9H,4,7H2,1H3,(H,14,17). The number of aldehydes is 1. The number of amides is 1. The van der Waals surface area contributed by atoms with Gasteiger partial charge < -0.3 is 14.7 Å². The molecule has 0 aliphatic carbocycles. The molecule has 17 heavy (non-hydrogen) atoms. The summed E-state index contributed by atoms with van der Waals surface area (Å²) in [4.78, 5) is 22.0. The Bertz CT molecular complexity index is 558. The molecule has 0 unspecified atom stereocenters. The number of rotatable bonds is 4. The van der Waals surface area contributed by atoms with Gasteiger partial charge in [0.1, 0.15) is 12.0 Å². The van der Waals surface area contributed by atoms with E-state index in [0.717, 1.165) is 17.2 Å². The number of benzene rings is 1. The smallest absolute Gasteiger partial charge is 0.267 e. The molecule has 88 valence electrons. The number of aromatic nitrogens is 1. The minimum atomic E-state index is -0.148. The number of fused-ring (bicyclic) bond motifs is 1. The Morgan fingerprint density at radius 3 is 2.88 bits per heavy atom. The molecule has 1 amide bonds. The number of nitrogens with zero attached hydrogens (tertiary/aromatic N) is 1. The number of aryl methyl sites for hydroxylation is 1. The van der Waals surface area contributed by atoms with Crippen molar-refractivity contribution in [1.29, 1.82) is 0 Å². The number of para-hydroxylation sites is 1. The number of carbonyl (C=O) groups is 2. The highest BCUT2D eigenvalue weighted by Crippen LogP contribution is 2.17. The molecule has 1 aromatic heterocycles. The van der Waals surface area contributed by atoms with Crippen molar-refractivity contribution in [3.8, 4) is 0 Å². The number of hydrogen-bond acceptors (Lipinski definition) is 2. The van der Waals surface area contributed by atoms with Crippen LogP contribution in [0.3, 0.4) is 0 Å². The summed E-state index contributed by atoms with van der Waals surface area (Å²) in [6, 6.07) is 9.67. The van der Waals surface area contributed by atoms with Crippen molar-refractivity contribution >= 4 is 23.1 Å². The predicted molar refractivity (Wildman–Crippen MR) is 65.9 cm³/mol. The van der Waals surface area contributed by atoms with Crippen LogP contribution in [0.25, 0.3) is 10.9 Å². The Hall–Kier alpha value is -2.10. The molecule has 4 nitrogen and oxygen atoms in total. The summed E-state index contributed by atoms with van der Waals surface area (Å²) in [5.41, 5.74) is 1.63. The van der Waals surface area contributed by atoms with Crippen molar-refractivity contribution < 1.29 is 9.59 Å². The summed E-state index contributed by atoms with van der Waals surface area (Å²) in [5, 5.41) is 3.75. The normalized spacial score (nSPS) is 10.4. The molecule has 1 aromatic carbocycles. The van der Waals surface area contributed by atoms with E-state index in [2.05, 4.69) is 5.32 Å². The van der Waals surface area contributed by atoms with E-state index in [-0.39, 0.29) is 5.91 Å². The molecule has 0 saturated carbocycles. The third-order valence-electron chi connectivity index (χ3n) is 2.73. The third-order valence-corrected chi connectivity index (χ3v) is 2.73. The zero-order chi connectivity index (χ0) is 12.3. The predicted octanol–water partition coefficient (Wildman–Crippen LogP) is 1.50. The van der Waals surface area contributed by atoms with Crippen molar-refractivity contribution in [2.45, 2.75) is 6.42 Å². The second-order valence-electron chi connectivity index (χ2n) is 3.86. The van der Waals surface area contributed by atoms with Crippen LogP contribution in [-0.2, 0) is 11.8 Å². The first kappa shape index (κ1) is 11.4. The van der Waals surface area contributed by atoms with Crippen molar-refractivity contribution in [2.75, 3.05) is 6.54 Å². The topological polar surface area (TPSA) is 51.1 Å². The van der Waals surface area contributed by atoms with Crippen LogP contribution in [0.2, 0.25) is 0 Å². The summed E-state index contributed by atoms with van der Waals surface area (Å²) >= 11 is 0. The maximum absolute atomic E-state index is 11.9. The number of nitrogens with one attached hydrogen (secondary N) is 1. The molecule has 2 aromatic rings. The van der Waals surface area contributed by atoms with Crippen LogP contribution >= 0.6 is 0 Å². The number of carbonyl (C=O) groups excluding carboxylic acids is 2. The highest BCUT2D eigenvalue weighted by molar-refractivity contribution is 5.98. The van der Waals surface area contributed by atoms with Gasteiger partial charge >= 0.3 is 0 Å². The summed E-state index contributed by atoms with van der Waals surface area (Å²) in [5.74, 6) is -0.148. The highest BCUT2D eigenvalue weighted by Gasteiger charge is 2.11. The number of hydrogen-bond donors (Lipinski definition) is 1. The minimum absolute atomic E-state index is 0.148. The first-order chi connectivity index (χ1) is 8.24. The molecule has 0 radical (unpaired) electrons. The lowest BCUT2D eigenvalue weighted by molar-refractivity contribution is -0.107. The Labute approximate surface area is 99.2 Å². The van der Waals surface area contributed by atoms with E-state index < -0.39 is 0 Å². The Morgan fingerprint density at radius 1 is 1.41 bits per heavy atom. The van der Waals surface area contributed by atoms with Gasteiger partial charge in [-0.2, -0.15) is 0 Å². The molecule has 0 atom stereocenters. The molecular weight excluding hydrogens is 216 g/mol. The van der Waals surface area contributed by atoms with Gasteiger partial charge in [0, 0.05) is 30.9 Å². The average molecular weight is 230 g/mol. The average Bonchev–Trinajstić information content (AvgIpc) is 2.68. The lowest BCUT2D eigenvalue weighted by Crippen LogP contribution is -2.26. The minimum Gasteiger partial charge on any atom is -0.350 e. The summed E-state index contributed by atoms with van der Waals surface area (Å²) in [7, 11) is 1.86. The van der Waals surface area contributed by atoms with E-state index in [1.54, 1.807) is 0 Å². The quantitative estimate of drug-likeness (QED) is 0.639. The fourth-order valence-electron chi connectivity index (χ4n) is 1.84. The molecular formula is C13H14N2O2. The van der Waals surface area contributed by atoms with E-state index in [0.29, 0.717) is 18.7 Å². The summed E-state index contributed by atoms with van der Waals surface area (Å²) in [6.07, 6.45) is 1.14. The van der Waals surface area contributed by atoms with E-state index >= 15 is 0 Å². The zero-order valence-electron chi connectivity index (χ0n) is 9.64. The van der Waals surface area contributed by atoms with Crippen LogP contribution in [0.4, 0.5) is 0 Å². The van der Waals surface area contributed by atoms with Crippen molar-refractivity contribution in [2.24, 2.45) is 7.05 Å². The van der Waals surface area contributed by atoms with Gasteiger partial charge in [-0.1, -0.05) is 18.2 Å². The van der Waals surface area contributed by atoms with Crippen LogP contribution in [0, 0.1) is 0 Å². The highest BCUT2D eigenvalue weighted by atomic mass is 16.2. The van der Waals surface area contributed by atoms with Gasteiger partial charge in [-0.15, -0.1) is 0 Å². The molecule has 0 fully saturated rings. The van der Waals surface area contributed by atoms with E-state index in [4.69, 9.17) is 0 Å². The zero-order valence-corrected chi connectivity index (χ0v) is 9.64. The molecule has 1 heterocycles. The van der Waals surface area contributed by atoms with Gasteiger partial charge in [0.25, 0.3) is 5.91 Å². The van der Waals surface area contributed by atoms with Gasteiger partial charge in [-0.05, 0) is 12.1 Å². The largest absolute Gasteiger partial charge is 0.350 e. The monoisotopic (exact) mass is 230 g/mol. The van der Waals surface area contributed by atoms with Crippen LogP contribution in [0.15, 0.2) is 30.3 Å².